The number of carbonyl (C=O) groups excluding carboxylic acids is 1. The fourth-order valence-corrected chi connectivity index (χ4v) is 3.17. The van der Waals surface area contributed by atoms with Crippen LogP contribution in [0.15, 0.2) is 18.2 Å². The molecule has 2 heterocycles. The van der Waals surface area contributed by atoms with Crippen LogP contribution in [0.1, 0.15) is 35.6 Å². The summed E-state index contributed by atoms with van der Waals surface area (Å²) in [5, 5.41) is 2.48. The van der Waals surface area contributed by atoms with E-state index in [9.17, 15) is 31.1 Å². The molecule has 1 aromatic rings. The number of amides is 2. The molecular formula is C14H12F6N2O. The first-order valence-electron chi connectivity index (χ1n) is 6.94. The van der Waals surface area contributed by atoms with Gasteiger partial charge in [0.05, 0.1) is 23.2 Å². The van der Waals surface area contributed by atoms with Crippen LogP contribution in [0.5, 0.6) is 0 Å². The van der Waals surface area contributed by atoms with Crippen molar-refractivity contribution in [3.63, 3.8) is 0 Å². The molecule has 0 bridgehead atoms. The Kier molecular flexibility index (Phi) is 3.49. The number of hydrogen-bond donors (Lipinski definition) is 1. The number of rotatable bonds is 1. The van der Waals surface area contributed by atoms with Gasteiger partial charge in [-0.3, -0.25) is 0 Å². The van der Waals surface area contributed by atoms with Crippen molar-refractivity contribution < 1.29 is 31.1 Å². The molecule has 3 rings (SSSR count). The van der Waals surface area contributed by atoms with E-state index in [4.69, 9.17) is 0 Å². The van der Waals surface area contributed by atoms with Gasteiger partial charge in [0.1, 0.15) is 0 Å². The van der Waals surface area contributed by atoms with E-state index in [-0.39, 0.29) is 11.6 Å². The van der Waals surface area contributed by atoms with Crippen LogP contribution in [0.2, 0.25) is 0 Å². The molecule has 0 unspecified atom stereocenters. The van der Waals surface area contributed by atoms with Crippen molar-refractivity contribution in [1.29, 1.82) is 0 Å². The number of halogens is 6. The standard InChI is InChI=1S/C14H12F6N2O/c15-13(16,17)8-4-7(5-9(6-8)14(18,19)20)11-10-2-1-3-22(10)12(23)21-11/h4-6,10-11H,1-3H2,(H,21,23)/t10-,11+/m0/s1. The van der Waals surface area contributed by atoms with Gasteiger partial charge < -0.3 is 10.2 Å². The number of benzene rings is 1. The second-order valence-corrected chi connectivity index (χ2v) is 5.67. The van der Waals surface area contributed by atoms with Crippen LogP contribution in [0.4, 0.5) is 31.1 Å². The van der Waals surface area contributed by atoms with Crippen molar-refractivity contribution in [2.24, 2.45) is 0 Å². The molecule has 23 heavy (non-hydrogen) atoms. The molecule has 0 saturated carbocycles. The number of nitrogens with one attached hydrogen (secondary N) is 1. The Morgan fingerprint density at radius 3 is 2.09 bits per heavy atom. The molecule has 2 aliphatic heterocycles. The van der Waals surface area contributed by atoms with Gasteiger partial charge in [0.15, 0.2) is 0 Å². The Bertz CT molecular complexity index is 607. The maximum Gasteiger partial charge on any atom is 0.416 e. The van der Waals surface area contributed by atoms with Crippen LogP contribution in [-0.4, -0.2) is 23.5 Å². The van der Waals surface area contributed by atoms with Crippen molar-refractivity contribution in [3.8, 4) is 0 Å². The summed E-state index contributed by atoms with van der Waals surface area (Å²) in [7, 11) is 0. The number of nitrogens with zero attached hydrogens (tertiary/aromatic N) is 1. The highest BCUT2D eigenvalue weighted by Crippen LogP contribution is 2.40. The lowest BCUT2D eigenvalue weighted by Crippen LogP contribution is -2.28. The number of carbonyl (C=O) groups is 1. The second kappa shape index (κ2) is 5.04. The average molecular weight is 338 g/mol. The molecule has 1 aromatic carbocycles. The molecule has 2 aliphatic rings. The van der Waals surface area contributed by atoms with Gasteiger partial charge in [-0.2, -0.15) is 26.3 Å². The molecule has 0 radical (unpaired) electrons. The van der Waals surface area contributed by atoms with E-state index in [1.165, 1.54) is 4.90 Å². The molecule has 0 aliphatic carbocycles. The van der Waals surface area contributed by atoms with Gasteiger partial charge >= 0.3 is 18.4 Å². The minimum atomic E-state index is -4.89. The maximum absolute atomic E-state index is 12.9. The summed E-state index contributed by atoms with van der Waals surface area (Å²) in [5.74, 6) is 0. The van der Waals surface area contributed by atoms with E-state index in [1.807, 2.05) is 0 Å². The molecule has 0 aromatic heterocycles. The molecular weight excluding hydrogens is 326 g/mol. The zero-order valence-corrected chi connectivity index (χ0v) is 11.6. The van der Waals surface area contributed by atoms with Crippen molar-refractivity contribution in [2.75, 3.05) is 6.54 Å². The van der Waals surface area contributed by atoms with Crippen LogP contribution in [0, 0.1) is 0 Å². The monoisotopic (exact) mass is 338 g/mol. The van der Waals surface area contributed by atoms with E-state index < -0.39 is 41.6 Å². The number of hydrogen-bond acceptors (Lipinski definition) is 1. The van der Waals surface area contributed by atoms with Gasteiger partial charge in [-0.15, -0.1) is 0 Å². The molecule has 2 atom stereocenters. The first kappa shape index (κ1) is 15.9. The van der Waals surface area contributed by atoms with Crippen LogP contribution >= 0.6 is 0 Å². The van der Waals surface area contributed by atoms with E-state index in [0.29, 0.717) is 31.5 Å². The van der Waals surface area contributed by atoms with Crippen molar-refractivity contribution >= 4 is 6.03 Å². The number of urea groups is 1. The summed E-state index contributed by atoms with van der Waals surface area (Å²) in [4.78, 5) is 13.2. The third-order valence-electron chi connectivity index (χ3n) is 4.19. The van der Waals surface area contributed by atoms with Gasteiger partial charge in [0.25, 0.3) is 0 Å². The molecule has 3 nitrogen and oxygen atoms in total. The van der Waals surface area contributed by atoms with Gasteiger partial charge in [-0.1, -0.05) is 0 Å². The lowest BCUT2D eigenvalue weighted by molar-refractivity contribution is -0.143. The van der Waals surface area contributed by atoms with Crippen molar-refractivity contribution in [2.45, 2.75) is 37.3 Å². The summed E-state index contributed by atoms with van der Waals surface area (Å²) in [6.07, 6.45) is -8.57. The SMILES string of the molecule is O=C1N[C@H](c2cc(C(F)(F)F)cc(C(F)(F)F)c2)[C@@H]2CCCN12. The van der Waals surface area contributed by atoms with Gasteiger partial charge in [-0.25, -0.2) is 4.79 Å². The van der Waals surface area contributed by atoms with E-state index in [0.717, 1.165) is 0 Å². The average Bonchev–Trinajstić information content (AvgIpc) is 3.01. The quantitative estimate of drug-likeness (QED) is 0.773. The highest BCUT2D eigenvalue weighted by atomic mass is 19.4. The lowest BCUT2D eigenvalue weighted by Gasteiger charge is -2.21. The highest BCUT2D eigenvalue weighted by molar-refractivity contribution is 5.78. The Morgan fingerprint density at radius 2 is 1.57 bits per heavy atom. The molecule has 0 spiro atoms. The number of alkyl halides is 6. The Morgan fingerprint density at radius 1 is 1.00 bits per heavy atom. The second-order valence-electron chi connectivity index (χ2n) is 5.67. The van der Waals surface area contributed by atoms with E-state index in [2.05, 4.69) is 5.32 Å². The lowest BCUT2D eigenvalue weighted by atomic mass is 9.95. The summed E-state index contributed by atoms with van der Waals surface area (Å²) >= 11 is 0. The number of fused-ring (bicyclic) bond motifs is 1. The van der Waals surface area contributed by atoms with Crippen LogP contribution < -0.4 is 5.32 Å². The topological polar surface area (TPSA) is 32.3 Å². The molecule has 2 saturated heterocycles. The Balaban J connectivity index is 2.06. The Hall–Kier alpha value is -1.93. The molecule has 126 valence electrons. The smallest absolute Gasteiger partial charge is 0.329 e. The van der Waals surface area contributed by atoms with Gasteiger partial charge in [0, 0.05) is 6.54 Å². The zero-order valence-electron chi connectivity index (χ0n) is 11.6. The van der Waals surface area contributed by atoms with Crippen LogP contribution in [0.3, 0.4) is 0 Å². The summed E-state index contributed by atoms with van der Waals surface area (Å²) < 4.78 is 77.4. The first-order chi connectivity index (χ1) is 10.6. The normalized spacial score (nSPS) is 24.8. The minimum Gasteiger partial charge on any atom is -0.329 e. The van der Waals surface area contributed by atoms with Gasteiger partial charge in [-0.05, 0) is 36.6 Å². The highest BCUT2D eigenvalue weighted by Gasteiger charge is 2.44. The molecule has 9 heteroatoms. The van der Waals surface area contributed by atoms with Crippen molar-refractivity contribution in [3.05, 3.63) is 34.9 Å². The van der Waals surface area contributed by atoms with Crippen LogP contribution in [-0.2, 0) is 12.4 Å². The largest absolute Gasteiger partial charge is 0.416 e. The summed E-state index contributed by atoms with van der Waals surface area (Å²) in [5.41, 5.74) is -2.91. The molecule has 2 fully saturated rings. The molecule has 2 amide bonds. The molecule has 1 N–H and O–H groups in total. The summed E-state index contributed by atoms with van der Waals surface area (Å²) in [6, 6.07) is -0.277. The Labute approximate surface area is 127 Å². The predicted molar refractivity (Wildman–Crippen MR) is 67.4 cm³/mol. The van der Waals surface area contributed by atoms with Crippen molar-refractivity contribution in [1.82, 2.24) is 10.2 Å². The zero-order chi connectivity index (χ0) is 17.0. The first-order valence-corrected chi connectivity index (χ1v) is 6.94. The minimum absolute atomic E-state index is 0.0900. The maximum atomic E-state index is 12.9. The fourth-order valence-electron chi connectivity index (χ4n) is 3.17. The van der Waals surface area contributed by atoms with E-state index in [1.54, 1.807) is 0 Å². The summed E-state index contributed by atoms with van der Waals surface area (Å²) in [6.45, 7) is 0.456. The predicted octanol–water partition coefficient (Wildman–Crippen LogP) is 3.95. The van der Waals surface area contributed by atoms with Gasteiger partial charge in [0.2, 0.25) is 0 Å². The van der Waals surface area contributed by atoms with E-state index >= 15 is 0 Å². The third kappa shape index (κ3) is 2.84. The third-order valence-corrected chi connectivity index (χ3v) is 4.19. The van der Waals surface area contributed by atoms with Crippen LogP contribution in [0.25, 0.3) is 0 Å². The fraction of sp³-hybridized carbons (Fsp3) is 0.500.